The number of carboxylic acid groups (broad SMARTS) is 1. The number of carbonyl (C=O) groups excluding carboxylic acids is 1. The molecule has 20 heavy (non-hydrogen) atoms. The number of rotatable bonds is 3. The van der Waals surface area contributed by atoms with Crippen LogP contribution >= 0.6 is 0 Å². The van der Waals surface area contributed by atoms with Gasteiger partial charge in [-0.1, -0.05) is 30.3 Å². The number of amides is 2. The zero-order valence-corrected chi connectivity index (χ0v) is 11.2. The zero-order chi connectivity index (χ0) is 14.1. The van der Waals surface area contributed by atoms with Gasteiger partial charge in [-0.05, 0) is 30.7 Å². The molecule has 3 unspecified atom stereocenters. The van der Waals surface area contributed by atoms with E-state index in [1.165, 1.54) is 6.42 Å². The lowest BCUT2D eigenvalue weighted by Gasteiger charge is -2.28. The average molecular weight is 274 g/mol. The molecule has 1 saturated carbocycles. The van der Waals surface area contributed by atoms with Gasteiger partial charge in [-0.3, -0.25) is 0 Å². The average Bonchev–Trinajstić information content (AvgIpc) is 3.07. The van der Waals surface area contributed by atoms with Crippen LogP contribution in [0.3, 0.4) is 0 Å². The third-order valence-corrected chi connectivity index (χ3v) is 4.32. The SMILES string of the molecule is O=C(O)C(NC(=O)N1CC2CCC1C2)c1ccccc1. The monoisotopic (exact) mass is 274 g/mol. The number of nitrogens with zero attached hydrogens (tertiary/aromatic N) is 1. The van der Waals surface area contributed by atoms with Gasteiger partial charge in [0, 0.05) is 12.6 Å². The number of aliphatic carboxylic acids is 1. The van der Waals surface area contributed by atoms with Crippen LogP contribution in [0, 0.1) is 5.92 Å². The Hall–Kier alpha value is -2.04. The quantitative estimate of drug-likeness (QED) is 0.885. The van der Waals surface area contributed by atoms with Crippen molar-refractivity contribution in [2.75, 3.05) is 6.54 Å². The molecule has 2 N–H and O–H groups in total. The molecular formula is C15H18N2O3. The van der Waals surface area contributed by atoms with Crippen LogP contribution in [-0.4, -0.2) is 34.6 Å². The van der Waals surface area contributed by atoms with Crippen molar-refractivity contribution in [2.45, 2.75) is 31.3 Å². The van der Waals surface area contributed by atoms with Crippen molar-refractivity contribution in [3.63, 3.8) is 0 Å². The molecule has 0 spiro atoms. The van der Waals surface area contributed by atoms with Crippen molar-refractivity contribution in [3.8, 4) is 0 Å². The lowest BCUT2D eigenvalue weighted by atomic mass is 10.1. The molecule has 3 rings (SSSR count). The molecular weight excluding hydrogens is 256 g/mol. The van der Waals surface area contributed by atoms with Gasteiger partial charge in [0.15, 0.2) is 6.04 Å². The summed E-state index contributed by atoms with van der Waals surface area (Å²) in [6, 6.07) is 7.86. The van der Waals surface area contributed by atoms with E-state index in [-0.39, 0.29) is 6.03 Å². The van der Waals surface area contributed by atoms with E-state index in [1.54, 1.807) is 29.2 Å². The molecule has 106 valence electrons. The molecule has 1 aliphatic carbocycles. The Morgan fingerprint density at radius 1 is 1.25 bits per heavy atom. The summed E-state index contributed by atoms with van der Waals surface area (Å²) in [5.41, 5.74) is 0.595. The molecule has 1 aliphatic heterocycles. The molecule has 0 radical (unpaired) electrons. The van der Waals surface area contributed by atoms with Crippen LogP contribution in [0.1, 0.15) is 30.9 Å². The fraction of sp³-hybridized carbons (Fsp3) is 0.467. The topological polar surface area (TPSA) is 69.6 Å². The lowest BCUT2D eigenvalue weighted by molar-refractivity contribution is -0.139. The molecule has 1 saturated heterocycles. The maximum absolute atomic E-state index is 12.3. The molecule has 2 bridgehead atoms. The smallest absolute Gasteiger partial charge is 0.330 e. The first-order valence-electron chi connectivity index (χ1n) is 7.00. The molecule has 2 fully saturated rings. The van der Waals surface area contributed by atoms with Gasteiger partial charge in [-0.15, -0.1) is 0 Å². The van der Waals surface area contributed by atoms with E-state index >= 15 is 0 Å². The molecule has 2 aliphatic rings. The van der Waals surface area contributed by atoms with Crippen LogP contribution < -0.4 is 5.32 Å². The summed E-state index contributed by atoms with van der Waals surface area (Å²) in [6.07, 6.45) is 3.30. The van der Waals surface area contributed by atoms with Gasteiger partial charge in [0.05, 0.1) is 0 Å². The predicted molar refractivity (Wildman–Crippen MR) is 73.2 cm³/mol. The normalized spacial score (nSPS) is 25.5. The minimum Gasteiger partial charge on any atom is -0.479 e. The molecule has 5 nitrogen and oxygen atoms in total. The Bertz CT molecular complexity index is 517. The van der Waals surface area contributed by atoms with E-state index < -0.39 is 12.0 Å². The molecule has 3 atom stereocenters. The Kier molecular flexibility index (Phi) is 3.34. The van der Waals surface area contributed by atoms with Gasteiger partial charge in [0.2, 0.25) is 0 Å². The van der Waals surface area contributed by atoms with E-state index in [1.807, 2.05) is 6.07 Å². The number of likely N-dealkylation sites (tertiary alicyclic amines) is 1. The molecule has 5 heteroatoms. The Morgan fingerprint density at radius 3 is 2.55 bits per heavy atom. The summed E-state index contributed by atoms with van der Waals surface area (Å²) < 4.78 is 0. The number of nitrogens with one attached hydrogen (secondary N) is 1. The second kappa shape index (κ2) is 5.15. The summed E-state index contributed by atoms with van der Waals surface area (Å²) >= 11 is 0. The van der Waals surface area contributed by atoms with Crippen LogP contribution in [0.2, 0.25) is 0 Å². The fourth-order valence-electron chi connectivity index (χ4n) is 3.31. The number of benzene rings is 1. The highest BCUT2D eigenvalue weighted by atomic mass is 16.4. The van der Waals surface area contributed by atoms with Gasteiger partial charge in [0.1, 0.15) is 0 Å². The first-order chi connectivity index (χ1) is 9.65. The van der Waals surface area contributed by atoms with Gasteiger partial charge in [-0.2, -0.15) is 0 Å². The van der Waals surface area contributed by atoms with Gasteiger partial charge >= 0.3 is 12.0 Å². The van der Waals surface area contributed by atoms with Crippen LogP contribution in [0.4, 0.5) is 4.79 Å². The molecule has 2 amide bonds. The number of piperidine rings is 1. The summed E-state index contributed by atoms with van der Waals surface area (Å²) in [4.78, 5) is 25.5. The largest absolute Gasteiger partial charge is 0.479 e. The van der Waals surface area contributed by atoms with Gasteiger partial charge in [0.25, 0.3) is 0 Å². The maximum Gasteiger partial charge on any atom is 0.330 e. The summed E-state index contributed by atoms with van der Waals surface area (Å²) in [6.45, 7) is 0.762. The highest BCUT2D eigenvalue weighted by Crippen LogP contribution is 2.37. The first kappa shape index (κ1) is 13.0. The summed E-state index contributed by atoms with van der Waals surface area (Å²) in [5.74, 6) is -0.431. The first-order valence-corrected chi connectivity index (χ1v) is 7.00. The molecule has 1 heterocycles. The van der Waals surface area contributed by atoms with E-state index in [0.717, 1.165) is 19.4 Å². The highest BCUT2D eigenvalue weighted by Gasteiger charge is 2.41. The van der Waals surface area contributed by atoms with Crippen LogP contribution in [0.15, 0.2) is 30.3 Å². The minimum absolute atomic E-state index is 0.256. The number of hydrogen-bond acceptors (Lipinski definition) is 2. The van der Waals surface area contributed by atoms with Gasteiger partial charge < -0.3 is 15.3 Å². The van der Waals surface area contributed by atoms with Crippen molar-refractivity contribution in [1.29, 1.82) is 0 Å². The van der Waals surface area contributed by atoms with Crippen molar-refractivity contribution < 1.29 is 14.7 Å². The summed E-state index contributed by atoms with van der Waals surface area (Å²) in [5, 5.41) is 12.0. The lowest BCUT2D eigenvalue weighted by Crippen LogP contribution is -2.47. The van der Waals surface area contributed by atoms with Crippen molar-refractivity contribution >= 4 is 12.0 Å². The van der Waals surface area contributed by atoms with Crippen molar-refractivity contribution in [2.24, 2.45) is 5.92 Å². The predicted octanol–water partition coefficient (Wildman–Crippen LogP) is 2.01. The number of fused-ring (bicyclic) bond motifs is 2. The van der Waals surface area contributed by atoms with Crippen LogP contribution in [-0.2, 0) is 4.79 Å². The number of hydrogen-bond donors (Lipinski definition) is 2. The van der Waals surface area contributed by atoms with Gasteiger partial charge in [-0.25, -0.2) is 9.59 Å². The minimum atomic E-state index is -1.03. The maximum atomic E-state index is 12.3. The van der Waals surface area contributed by atoms with E-state index in [4.69, 9.17) is 0 Å². The van der Waals surface area contributed by atoms with Crippen molar-refractivity contribution in [1.82, 2.24) is 10.2 Å². The van der Waals surface area contributed by atoms with Crippen LogP contribution in [0.5, 0.6) is 0 Å². The number of carbonyl (C=O) groups is 2. The van der Waals surface area contributed by atoms with Crippen molar-refractivity contribution in [3.05, 3.63) is 35.9 Å². The third kappa shape index (κ3) is 2.35. The Morgan fingerprint density at radius 2 is 2.00 bits per heavy atom. The highest BCUT2D eigenvalue weighted by molar-refractivity contribution is 5.84. The van der Waals surface area contributed by atoms with E-state index in [2.05, 4.69) is 5.32 Å². The number of carboxylic acids is 1. The van der Waals surface area contributed by atoms with Crippen LogP contribution in [0.25, 0.3) is 0 Å². The van der Waals surface area contributed by atoms with E-state index in [0.29, 0.717) is 17.5 Å². The van der Waals surface area contributed by atoms with E-state index in [9.17, 15) is 14.7 Å². The summed E-state index contributed by atoms with van der Waals surface area (Å²) in [7, 11) is 0. The fourth-order valence-corrected chi connectivity index (χ4v) is 3.31. The second-order valence-electron chi connectivity index (χ2n) is 5.62. The third-order valence-electron chi connectivity index (χ3n) is 4.32. The molecule has 1 aromatic carbocycles. The Balaban J connectivity index is 1.71. The molecule has 0 aromatic heterocycles. The standard InChI is InChI=1S/C15H18N2O3/c18-14(19)13(11-4-2-1-3-5-11)16-15(20)17-9-10-6-7-12(17)8-10/h1-5,10,12-13H,6-9H2,(H,16,20)(H,18,19). The second-order valence-corrected chi connectivity index (χ2v) is 5.62. The number of urea groups is 1. The molecule has 1 aromatic rings. The zero-order valence-electron chi connectivity index (χ0n) is 11.2. The Labute approximate surface area is 117 Å².